The van der Waals surface area contributed by atoms with Crippen molar-refractivity contribution < 1.29 is 4.74 Å². The molecule has 0 aromatic heterocycles. The molecule has 0 spiro atoms. The number of methoxy groups -OCH3 is 1. The summed E-state index contributed by atoms with van der Waals surface area (Å²) in [7, 11) is 1.60. The van der Waals surface area contributed by atoms with Gasteiger partial charge in [0.25, 0.3) is 0 Å². The van der Waals surface area contributed by atoms with Crippen molar-refractivity contribution in [2.75, 3.05) is 13.7 Å². The molecular weight excluding hydrogens is 211 g/mol. The van der Waals surface area contributed by atoms with Gasteiger partial charge in [0.2, 0.25) is 0 Å². The summed E-state index contributed by atoms with van der Waals surface area (Å²) in [6, 6.07) is 0. The molecule has 0 bridgehead atoms. The molecule has 0 aliphatic heterocycles. The molecule has 0 rings (SSSR count). The third-order valence-electron chi connectivity index (χ3n) is 1.52. The predicted octanol–water partition coefficient (Wildman–Crippen LogP) is 1.72. The largest absolute Gasteiger partial charge is 0.389 e. The molecular formula is C8H14Cl2N2O. The smallest absolute Gasteiger partial charge is 0.103 e. The van der Waals surface area contributed by atoms with Crippen LogP contribution < -0.4 is 11.5 Å². The minimum Gasteiger partial charge on any atom is -0.389 e. The lowest BCUT2D eigenvalue weighted by molar-refractivity contribution is 0.173. The number of allylic oxidation sites excluding steroid dienone is 1. The van der Waals surface area contributed by atoms with E-state index in [1.807, 2.05) is 6.92 Å². The van der Waals surface area contributed by atoms with Crippen molar-refractivity contribution >= 4 is 23.2 Å². The molecule has 5 heteroatoms. The van der Waals surface area contributed by atoms with Gasteiger partial charge in [0.05, 0.1) is 11.8 Å². The van der Waals surface area contributed by atoms with E-state index >= 15 is 0 Å². The number of ether oxygens (including phenoxy) is 1. The molecule has 76 valence electrons. The maximum Gasteiger partial charge on any atom is 0.103 e. The molecule has 13 heavy (non-hydrogen) atoms. The maximum atomic E-state index is 5.66. The van der Waals surface area contributed by atoms with E-state index in [9.17, 15) is 0 Å². The summed E-state index contributed by atoms with van der Waals surface area (Å²) in [5.74, 6) is 0.0693. The molecule has 0 aliphatic carbocycles. The van der Waals surface area contributed by atoms with Crippen LogP contribution in [0.25, 0.3) is 0 Å². The Bertz CT molecular complexity index is 218. The summed E-state index contributed by atoms with van der Waals surface area (Å²) in [6.07, 6.45) is 1.54. The first kappa shape index (κ1) is 12.6. The van der Waals surface area contributed by atoms with E-state index < -0.39 is 0 Å². The molecule has 0 radical (unpaired) electrons. The third kappa shape index (κ3) is 5.03. The normalized spacial score (nSPS) is 16.8. The standard InChI is InChI=1S/C8H14Cl2N2O/c1-5(4-13-2)6(8(10)12)3-7(9)11/h3,5H,4,11-12H2,1-2H3/b7-3-,8-6+. The lowest BCUT2D eigenvalue weighted by atomic mass is 10.0. The molecule has 0 saturated carbocycles. The van der Waals surface area contributed by atoms with Crippen LogP contribution in [0.5, 0.6) is 0 Å². The van der Waals surface area contributed by atoms with Gasteiger partial charge in [-0.25, -0.2) is 0 Å². The summed E-state index contributed by atoms with van der Waals surface area (Å²) in [5.41, 5.74) is 11.4. The van der Waals surface area contributed by atoms with Crippen LogP contribution in [0.1, 0.15) is 6.92 Å². The van der Waals surface area contributed by atoms with Gasteiger partial charge in [-0.1, -0.05) is 30.1 Å². The predicted molar refractivity (Wildman–Crippen MR) is 56.2 cm³/mol. The van der Waals surface area contributed by atoms with Gasteiger partial charge in [0, 0.05) is 13.0 Å². The van der Waals surface area contributed by atoms with Crippen LogP contribution in [0.3, 0.4) is 0 Å². The van der Waals surface area contributed by atoms with E-state index in [-0.39, 0.29) is 16.2 Å². The third-order valence-corrected chi connectivity index (χ3v) is 1.84. The average Bonchev–Trinajstić information content (AvgIpc) is 1.99. The van der Waals surface area contributed by atoms with Crippen molar-refractivity contribution in [2.24, 2.45) is 17.4 Å². The molecule has 0 saturated heterocycles. The van der Waals surface area contributed by atoms with Crippen LogP contribution in [-0.2, 0) is 4.74 Å². The zero-order valence-corrected chi connectivity index (χ0v) is 9.19. The Kier molecular flexibility index (Phi) is 5.95. The van der Waals surface area contributed by atoms with Gasteiger partial charge in [-0.2, -0.15) is 0 Å². The summed E-state index contributed by atoms with van der Waals surface area (Å²) < 4.78 is 4.95. The highest BCUT2D eigenvalue weighted by atomic mass is 35.5. The van der Waals surface area contributed by atoms with Crippen molar-refractivity contribution in [1.82, 2.24) is 0 Å². The summed E-state index contributed by atoms with van der Waals surface area (Å²) in [5, 5.41) is 0.342. The fourth-order valence-electron chi connectivity index (χ4n) is 0.935. The molecule has 0 fully saturated rings. The molecule has 1 atom stereocenters. The fourth-order valence-corrected chi connectivity index (χ4v) is 1.29. The molecule has 4 N–H and O–H groups in total. The lowest BCUT2D eigenvalue weighted by Gasteiger charge is -2.12. The second-order valence-electron chi connectivity index (χ2n) is 2.69. The van der Waals surface area contributed by atoms with Gasteiger partial charge >= 0.3 is 0 Å². The quantitative estimate of drug-likeness (QED) is 0.565. The Labute approximate surface area is 88.3 Å². The van der Waals surface area contributed by atoms with E-state index in [1.54, 1.807) is 7.11 Å². The molecule has 0 amide bonds. The zero-order valence-electron chi connectivity index (χ0n) is 7.68. The van der Waals surface area contributed by atoms with Crippen LogP contribution in [0.4, 0.5) is 0 Å². The second-order valence-corrected chi connectivity index (χ2v) is 3.53. The lowest BCUT2D eigenvalue weighted by Crippen LogP contribution is -2.10. The first-order valence-electron chi connectivity index (χ1n) is 3.75. The van der Waals surface area contributed by atoms with Crippen LogP contribution in [-0.4, -0.2) is 13.7 Å². The van der Waals surface area contributed by atoms with Gasteiger partial charge in [0.15, 0.2) is 0 Å². The minimum atomic E-state index is 0.0693. The van der Waals surface area contributed by atoms with Gasteiger partial charge in [-0.05, 0) is 11.6 Å². The monoisotopic (exact) mass is 224 g/mol. The van der Waals surface area contributed by atoms with E-state index in [4.69, 9.17) is 39.4 Å². The molecule has 0 aromatic rings. The summed E-state index contributed by atoms with van der Waals surface area (Å²) in [6.45, 7) is 2.44. The van der Waals surface area contributed by atoms with Crippen LogP contribution >= 0.6 is 23.2 Å². The Morgan fingerprint density at radius 2 is 2.00 bits per heavy atom. The first-order chi connectivity index (χ1) is 5.99. The SMILES string of the molecule is COCC(C)C(/C=C(\N)Cl)=C(/N)Cl. The Morgan fingerprint density at radius 3 is 2.31 bits per heavy atom. The molecule has 0 aromatic carbocycles. The van der Waals surface area contributed by atoms with Crippen LogP contribution in [0.15, 0.2) is 22.0 Å². The van der Waals surface area contributed by atoms with Crippen LogP contribution in [0.2, 0.25) is 0 Å². The van der Waals surface area contributed by atoms with Gasteiger partial charge < -0.3 is 16.2 Å². The second kappa shape index (κ2) is 6.13. The van der Waals surface area contributed by atoms with Gasteiger partial charge in [0.1, 0.15) is 5.16 Å². The molecule has 1 unspecified atom stereocenters. The molecule has 3 nitrogen and oxygen atoms in total. The topological polar surface area (TPSA) is 61.3 Å². The number of rotatable bonds is 4. The van der Waals surface area contributed by atoms with E-state index in [0.29, 0.717) is 12.2 Å². The number of hydrogen-bond donors (Lipinski definition) is 2. The van der Waals surface area contributed by atoms with E-state index in [0.717, 1.165) is 0 Å². The fraction of sp³-hybridized carbons (Fsp3) is 0.500. The highest BCUT2D eigenvalue weighted by Crippen LogP contribution is 2.18. The summed E-state index contributed by atoms with van der Waals surface area (Å²) in [4.78, 5) is 0. The highest BCUT2D eigenvalue weighted by molar-refractivity contribution is 6.30. The first-order valence-corrected chi connectivity index (χ1v) is 4.51. The number of halogens is 2. The van der Waals surface area contributed by atoms with Crippen molar-refractivity contribution in [3.8, 4) is 0 Å². The van der Waals surface area contributed by atoms with Crippen molar-refractivity contribution in [1.29, 1.82) is 0 Å². The Hall–Kier alpha value is -0.380. The minimum absolute atomic E-state index is 0.0693. The van der Waals surface area contributed by atoms with Crippen LogP contribution in [0, 0.1) is 5.92 Å². The Balaban J connectivity index is 4.64. The molecule has 0 heterocycles. The van der Waals surface area contributed by atoms with Crippen molar-refractivity contribution in [2.45, 2.75) is 6.92 Å². The number of nitrogens with two attached hydrogens (primary N) is 2. The average molecular weight is 225 g/mol. The van der Waals surface area contributed by atoms with Crippen molar-refractivity contribution in [3.05, 3.63) is 22.0 Å². The van der Waals surface area contributed by atoms with Gasteiger partial charge in [-0.3, -0.25) is 0 Å². The highest BCUT2D eigenvalue weighted by Gasteiger charge is 2.09. The molecule has 0 aliphatic rings. The van der Waals surface area contributed by atoms with E-state index in [2.05, 4.69) is 0 Å². The number of hydrogen-bond acceptors (Lipinski definition) is 3. The summed E-state index contributed by atoms with van der Waals surface area (Å²) >= 11 is 11.2. The van der Waals surface area contributed by atoms with E-state index in [1.165, 1.54) is 6.08 Å². The van der Waals surface area contributed by atoms with Gasteiger partial charge in [-0.15, -0.1) is 0 Å². The zero-order chi connectivity index (χ0) is 10.4. The van der Waals surface area contributed by atoms with Crippen molar-refractivity contribution in [3.63, 3.8) is 0 Å². The Morgan fingerprint density at radius 1 is 1.46 bits per heavy atom. The maximum absolute atomic E-state index is 5.66.